The molecule has 1 saturated heterocycles. The number of methoxy groups -OCH3 is 1. The summed E-state index contributed by atoms with van der Waals surface area (Å²) in [4.78, 5) is 12.0. The molecule has 0 bridgehead atoms. The van der Waals surface area contributed by atoms with Crippen molar-refractivity contribution >= 4 is 5.97 Å². The van der Waals surface area contributed by atoms with Crippen molar-refractivity contribution in [3.8, 4) is 0 Å². The normalized spacial score (nSPS) is 20.8. The van der Waals surface area contributed by atoms with Gasteiger partial charge in [-0.3, -0.25) is 4.79 Å². The number of benzene rings is 1. The summed E-state index contributed by atoms with van der Waals surface area (Å²) in [5.74, 6) is -0.268. The van der Waals surface area contributed by atoms with E-state index in [1.165, 1.54) is 12.1 Å². The third-order valence-corrected chi connectivity index (χ3v) is 3.52. The number of unbranched alkanes of at least 4 members (excludes halogenated alkanes) is 1. The van der Waals surface area contributed by atoms with Gasteiger partial charge >= 0.3 is 5.97 Å². The molecule has 0 saturated carbocycles. The highest BCUT2D eigenvalue weighted by molar-refractivity contribution is 5.85. The second-order valence-electron chi connectivity index (χ2n) is 4.85. The van der Waals surface area contributed by atoms with Crippen LogP contribution < -0.4 is 0 Å². The topological polar surface area (TPSA) is 35.5 Å². The van der Waals surface area contributed by atoms with Gasteiger partial charge in [0.25, 0.3) is 0 Å². The molecule has 108 valence electrons. The lowest BCUT2D eigenvalue weighted by Gasteiger charge is -2.13. The maximum Gasteiger partial charge on any atom is 0.318 e. The van der Waals surface area contributed by atoms with Crippen LogP contribution >= 0.6 is 0 Å². The van der Waals surface area contributed by atoms with Gasteiger partial charge in [0.05, 0.1) is 12.9 Å². The van der Waals surface area contributed by atoms with Crippen LogP contribution in [-0.2, 0) is 14.3 Å². The summed E-state index contributed by atoms with van der Waals surface area (Å²) in [5.41, 5.74) is 1.60. The minimum absolute atomic E-state index is 0.258. The number of allylic oxidation sites excluding steroid dienone is 1. The van der Waals surface area contributed by atoms with E-state index in [1.54, 1.807) is 19.2 Å². The number of carbonyl (C=O) groups excluding carboxylic acids is 1. The summed E-state index contributed by atoms with van der Waals surface area (Å²) in [6.45, 7) is 2.36. The van der Waals surface area contributed by atoms with Crippen molar-refractivity contribution in [2.45, 2.75) is 32.1 Å². The second kappa shape index (κ2) is 6.55. The molecule has 0 N–H and O–H groups in total. The Kier molecular flexibility index (Phi) is 4.77. The Balaban J connectivity index is 2.34. The van der Waals surface area contributed by atoms with E-state index < -0.39 is 5.92 Å². The Morgan fingerprint density at radius 1 is 1.40 bits per heavy atom. The molecule has 1 aliphatic rings. The van der Waals surface area contributed by atoms with E-state index in [4.69, 9.17) is 9.47 Å². The van der Waals surface area contributed by atoms with E-state index in [0.717, 1.165) is 36.2 Å². The Bertz CT molecular complexity index is 505. The van der Waals surface area contributed by atoms with Gasteiger partial charge in [-0.05, 0) is 24.1 Å². The summed E-state index contributed by atoms with van der Waals surface area (Å²) in [6.07, 6.45) is 2.84. The van der Waals surface area contributed by atoms with Crippen molar-refractivity contribution in [3.63, 3.8) is 0 Å². The molecule has 4 heteroatoms. The maximum absolute atomic E-state index is 13.0. The fourth-order valence-corrected chi connectivity index (χ4v) is 2.42. The highest BCUT2D eigenvalue weighted by atomic mass is 19.1. The second-order valence-corrected chi connectivity index (χ2v) is 4.85. The first-order chi connectivity index (χ1) is 9.67. The Morgan fingerprint density at radius 3 is 2.70 bits per heavy atom. The monoisotopic (exact) mass is 278 g/mol. The highest BCUT2D eigenvalue weighted by Crippen LogP contribution is 2.35. The fourth-order valence-electron chi connectivity index (χ4n) is 2.42. The van der Waals surface area contributed by atoms with Gasteiger partial charge in [-0.15, -0.1) is 0 Å². The number of hydrogen-bond acceptors (Lipinski definition) is 3. The van der Waals surface area contributed by atoms with Crippen molar-refractivity contribution in [2.75, 3.05) is 13.7 Å². The van der Waals surface area contributed by atoms with Gasteiger partial charge < -0.3 is 9.47 Å². The molecular weight excluding hydrogens is 259 g/mol. The standard InChI is InChI=1S/C16H19FO3/c1-3-4-5-14(19-2)13-10-20-16(18)15(13)11-6-8-12(17)9-7-11/h6-9,15H,3-5,10H2,1-2H3/b14-13+. The first kappa shape index (κ1) is 14.6. The zero-order valence-electron chi connectivity index (χ0n) is 11.8. The molecule has 3 nitrogen and oxygen atoms in total. The number of carbonyl (C=O) groups is 1. The Morgan fingerprint density at radius 2 is 2.10 bits per heavy atom. The van der Waals surface area contributed by atoms with E-state index in [-0.39, 0.29) is 18.4 Å². The lowest BCUT2D eigenvalue weighted by atomic mass is 9.91. The van der Waals surface area contributed by atoms with Gasteiger partial charge in [-0.1, -0.05) is 25.5 Å². The van der Waals surface area contributed by atoms with Crippen LogP contribution in [0.3, 0.4) is 0 Å². The molecule has 20 heavy (non-hydrogen) atoms. The van der Waals surface area contributed by atoms with Crippen LogP contribution in [0.1, 0.15) is 37.7 Å². The molecule has 1 aromatic rings. The van der Waals surface area contributed by atoms with Crippen molar-refractivity contribution in [2.24, 2.45) is 0 Å². The summed E-state index contributed by atoms with van der Waals surface area (Å²) in [5, 5.41) is 0. The van der Waals surface area contributed by atoms with E-state index in [0.29, 0.717) is 0 Å². The third kappa shape index (κ3) is 3.00. The molecule has 0 spiro atoms. The average molecular weight is 278 g/mol. The first-order valence-electron chi connectivity index (χ1n) is 6.85. The van der Waals surface area contributed by atoms with Crippen LogP contribution in [0.2, 0.25) is 0 Å². The molecule has 2 rings (SSSR count). The van der Waals surface area contributed by atoms with E-state index in [1.807, 2.05) is 0 Å². The summed E-state index contributed by atoms with van der Waals surface area (Å²) in [7, 11) is 1.61. The van der Waals surface area contributed by atoms with Gasteiger partial charge in [0.1, 0.15) is 18.3 Å². The predicted molar refractivity (Wildman–Crippen MR) is 73.7 cm³/mol. The number of cyclic esters (lactones) is 1. The minimum atomic E-state index is -0.470. The van der Waals surface area contributed by atoms with Crippen LogP contribution in [0.15, 0.2) is 35.6 Å². The van der Waals surface area contributed by atoms with Crippen LogP contribution in [0.25, 0.3) is 0 Å². The third-order valence-electron chi connectivity index (χ3n) is 3.52. The van der Waals surface area contributed by atoms with Crippen LogP contribution in [-0.4, -0.2) is 19.7 Å². The molecule has 0 radical (unpaired) electrons. The molecule has 1 atom stereocenters. The quantitative estimate of drug-likeness (QED) is 0.610. The van der Waals surface area contributed by atoms with Gasteiger partial charge in [0, 0.05) is 12.0 Å². The molecular formula is C16H19FO3. The van der Waals surface area contributed by atoms with Crippen molar-refractivity contribution in [3.05, 3.63) is 47.0 Å². The zero-order chi connectivity index (χ0) is 14.5. The zero-order valence-corrected chi connectivity index (χ0v) is 11.8. The smallest absolute Gasteiger partial charge is 0.318 e. The molecule has 1 aliphatic heterocycles. The van der Waals surface area contributed by atoms with Crippen LogP contribution in [0.4, 0.5) is 4.39 Å². The van der Waals surface area contributed by atoms with Gasteiger partial charge in [0.15, 0.2) is 0 Å². The molecule has 1 heterocycles. The predicted octanol–water partition coefficient (Wildman–Crippen LogP) is 3.56. The lowest BCUT2D eigenvalue weighted by molar-refractivity contribution is -0.139. The summed E-state index contributed by atoms with van der Waals surface area (Å²) in [6, 6.07) is 5.97. The maximum atomic E-state index is 13.0. The number of halogens is 1. The van der Waals surface area contributed by atoms with E-state index in [2.05, 4.69) is 6.92 Å². The van der Waals surface area contributed by atoms with Gasteiger partial charge in [0.2, 0.25) is 0 Å². The molecule has 1 aromatic carbocycles. The number of hydrogen-bond donors (Lipinski definition) is 0. The molecule has 1 fully saturated rings. The summed E-state index contributed by atoms with van der Waals surface area (Å²) < 4.78 is 23.6. The molecule has 1 unspecified atom stereocenters. The minimum Gasteiger partial charge on any atom is -0.501 e. The molecule has 0 amide bonds. The van der Waals surface area contributed by atoms with E-state index in [9.17, 15) is 9.18 Å². The van der Waals surface area contributed by atoms with Crippen LogP contribution in [0.5, 0.6) is 0 Å². The van der Waals surface area contributed by atoms with Gasteiger partial charge in [-0.25, -0.2) is 4.39 Å². The van der Waals surface area contributed by atoms with Crippen LogP contribution in [0, 0.1) is 5.82 Å². The molecule has 0 aliphatic carbocycles. The number of ether oxygens (including phenoxy) is 2. The lowest BCUT2D eigenvalue weighted by Crippen LogP contribution is -2.09. The average Bonchev–Trinajstić information content (AvgIpc) is 2.83. The number of esters is 1. The SMILES string of the molecule is CCCC/C(OC)=C1/COC(=O)C1c1ccc(F)cc1. The van der Waals surface area contributed by atoms with Crippen molar-refractivity contribution in [1.82, 2.24) is 0 Å². The largest absolute Gasteiger partial charge is 0.501 e. The number of rotatable bonds is 5. The van der Waals surface area contributed by atoms with E-state index >= 15 is 0 Å². The van der Waals surface area contributed by atoms with Crippen molar-refractivity contribution in [1.29, 1.82) is 0 Å². The van der Waals surface area contributed by atoms with Gasteiger partial charge in [-0.2, -0.15) is 0 Å². The highest BCUT2D eigenvalue weighted by Gasteiger charge is 2.35. The van der Waals surface area contributed by atoms with Crippen molar-refractivity contribution < 1.29 is 18.7 Å². The Labute approximate surface area is 118 Å². The molecule has 0 aromatic heterocycles. The first-order valence-corrected chi connectivity index (χ1v) is 6.85. The fraction of sp³-hybridized carbons (Fsp3) is 0.438. The Hall–Kier alpha value is -1.84. The summed E-state index contributed by atoms with van der Waals surface area (Å²) >= 11 is 0.